The summed E-state index contributed by atoms with van der Waals surface area (Å²) in [4.78, 5) is 14.3. The fourth-order valence-electron chi connectivity index (χ4n) is 1.14. The van der Waals surface area contributed by atoms with Crippen LogP contribution in [0.4, 0.5) is 0 Å². The van der Waals surface area contributed by atoms with Crippen LogP contribution in [0.15, 0.2) is 12.2 Å². The summed E-state index contributed by atoms with van der Waals surface area (Å²) in [6.07, 6.45) is 0. The van der Waals surface area contributed by atoms with Gasteiger partial charge in [-0.05, 0) is 6.92 Å². The van der Waals surface area contributed by atoms with Crippen molar-refractivity contribution in [3.63, 3.8) is 0 Å². The average molecular weight is 351 g/mol. The summed E-state index contributed by atoms with van der Waals surface area (Å²) in [5.74, 6) is -0.552. The van der Waals surface area contributed by atoms with Gasteiger partial charge in [-0.15, -0.1) is 0 Å². The van der Waals surface area contributed by atoms with E-state index in [-0.39, 0.29) is 38.5 Å². The molecule has 0 aliphatic rings. The average Bonchev–Trinajstić information content (AvgIpc) is 2.42. The van der Waals surface area contributed by atoms with E-state index in [1.807, 2.05) is 21.1 Å². The number of quaternary nitrogens is 1. The zero-order valence-electron chi connectivity index (χ0n) is 14.2. The highest BCUT2D eigenvalue weighted by atomic mass is 31.2. The topological polar surface area (TPSA) is 75.4 Å². The molecule has 0 N–H and O–H groups in total. The molecule has 23 heavy (non-hydrogen) atoms. The highest BCUT2D eigenvalue weighted by Crippen LogP contribution is 2.49. The minimum Gasteiger partial charge on any atom is -0.460 e. The molecule has 0 fully saturated rings. The smallest absolute Gasteiger partial charge is 0.460 e. The van der Waals surface area contributed by atoms with Gasteiger partial charge in [0.1, 0.15) is 26.4 Å². The molecule has 0 aromatic rings. The van der Waals surface area contributed by atoms with Gasteiger partial charge in [0.15, 0.2) is 0 Å². The molecular formula is C14H26N2O6P+. The van der Waals surface area contributed by atoms with Gasteiger partial charge < -0.3 is 14.1 Å². The molecule has 0 aliphatic carbocycles. The number of ether oxygens (including phenoxy) is 1. The van der Waals surface area contributed by atoms with E-state index in [4.69, 9.17) is 24.9 Å². The molecule has 0 radical (unpaired) electrons. The van der Waals surface area contributed by atoms with Crippen LogP contribution in [0.5, 0.6) is 0 Å². The van der Waals surface area contributed by atoms with Crippen molar-refractivity contribution in [1.82, 2.24) is 0 Å². The van der Waals surface area contributed by atoms with Crippen molar-refractivity contribution in [3.8, 4) is 0 Å². The zero-order chi connectivity index (χ0) is 17.9. The first kappa shape index (κ1) is 21.8. The Kier molecular flexibility index (Phi) is 9.96. The lowest BCUT2D eigenvalue weighted by atomic mass is 10.4. The van der Waals surface area contributed by atoms with Crippen LogP contribution in [0.3, 0.4) is 0 Å². The van der Waals surface area contributed by atoms with Gasteiger partial charge in [-0.1, -0.05) is 6.58 Å². The van der Waals surface area contributed by atoms with Crippen molar-refractivity contribution in [2.75, 3.05) is 60.7 Å². The number of esters is 1. The van der Waals surface area contributed by atoms with Crippen LogP contribution < -0.4 is 0 Å². The first-order chi connectivity index (χ1) is 10.6. The second-order valence-corrected chi connectivity index (χ2v) is 7.43. The fraction of sp³-hybridized carbons (Fsp3) is 0.714. The third kappa shape index (κ3) is 11.9. The van der Waals surface area contributed by atoms with Gasteiger partial charge in [0.05, 0.1) is 27.7 Å². The summed E-state index contributed by atoms with van der Waals surface area (Å²) in [6.45, 7) is 12.2. The number of phosphoric ester groups is 1. The molecule has 0 spiro atoms. The molecule has 0 heterocycles. The lowest BCUT2D eigenvalue weighted by Gasteiger charge is -2.24. The normalized spacial score (nSPS) is 13.9. The third-order valence-electron chi connectivity index (χ3n) is 2.38. The Hall–Kier alpha value is -1.23. The first-order valence-corrected chi connectivity index (χ1v) is 8.56. The van der Waals surface area contributed by atoms with Crippen LogP contribution in [0.2, 0.25) is 0 Å². The van der Waals surface area contributed by atoms with E-state index in [2.05, 4.69) is 11.4 Å². The molecule has 0 saturated carbocycles. The van der Waals surface area contributed by atoms with Crippen molar-refractivity contribution < 1.29 is 32.2 Å². The number of hydrogen-bond donors (Lipinski definition) is 0. The minimum atomic E-state index is -3.79. The molecule has 0 saturated heterocycles. The Morgan fingerprint density at radius 3 is 2.22 bits per heavy atom. The Morgan fingerprint density at radius 1 is 1.13 bits per heavy atom. The second-order valence-electron chi connectivity index (χ2n) is 5.76. The Morgan fingerprint density at radius 2 is 1.70 bits per heavy atom. The van der Waals surface area contributed by atoms with Crippen LogP contribution in [-0.4, -0.2) is 71.1 Å². The number of carbonyl (C=O) groups excluding carboxylic acids is 1. The number of phosphoric acid groups is 1. The second kappa shape index (κ2) is 10.5. The molecule has 0 aliphatic heterocycles. The molecule has 0 amide bonds. The quantitative estimate of drug-likeness (QED) is 0.102. The summed E-state index contributed by atoms with van der Waals surface area (Å²) in [6, 6.07) is 0. The number of hydrogen-bond acceptors (Lipinski definition) is 6. The van der Waals surface area contributed by atoms with Crippen LogP contribution in [0, 0.1) is 6.57 Å². The third-order valence-corrected chi connectivity index (χ3v) is 3.87. The van der Waals surface area contributed by atoms with Crippen molar-refractivity contribution in [3.05, 3.63) is 23.6 Å². The fourth-order valence-corrected chi connectivity index (χ4v) is 2.28. The summed E-state index contributed by atoms with van der Waals surface area (Å²) in [7, 11) is 2.11. The van der Waals surface area contributed by atoms with E-state index in [1.165, 1.54) is 6.92 Å². The summed E-state index contributed by atoms with van der Waals surface area (Å²) < 4.78 is 33.3. The van der Waals surface area contributed by atoms with Gasteiger partial charge in [-0.3, -0.25) is 13.6 Å². The van der Waals surface area contributed by atoms with Crippen molar-refractivity contribution >= 4 is 13.8 Å². The predicted molar refractivity (Wildman–Crippen MR) is 85.6 cm³/mol. The van der Waals surface area contributed by atoms with E-state index in [0.717, 1.165) is 0 Å². The molecule has 0 aromatic carbocycles. The van der Waals surface area contributed by atoms with Crippen molar-refractivity contribution in [1.29, 1.82) is 0 Å². The molecule has 0 rings (SSSR count). The standard InChI is InChI=1S/C14H26N2O6P/c1-13(2)14(17)19-11-12-22-23(18,20-9-7-15-3)21-10-8-16(4,5)6/h1,7-12H2,2,4-6H3/q+1/i4+1,5+1. The van der Waals surface area contributed by atoms with Gasteiger partial charge in [0.25, 0.3) is 0 Å². The van der Waals surface area contributed by atoms with Gasteiger partial charge in [-0.2, -0.15) is 0 Å². The molecule has 8 nitrogen and oxygen atoms in total. The summed E-state index contributed by atoms with van der Waals surface area (Å²) in [5.41, 5.74) is 0.265. The summed E-state index contributed by atoms with van der Waals surface area (Å²) in [5, 5.41) is 0. The van der Waals surface area contributed by atoms with Gasteiger partial charge in [0.2, 0.25) is 6.54 Å². The maximum absolute atomic E-state index is 12.4. The number of rotatable bonds is 12. The monoisotopic (exact) mass is 351 g/mol. The van der Waals surface area contributed by atoms with Crippen LogP contribution in [0.1, 0.15) is 6.92 Å². The maximum atomic E-state index is 12.4. The molecule has 9 heteroatoms. The van der Waals surface area contributed by atoms with E-state index < -0.39 is 13.8 Å². The number of likely N-dealkylation sites (N-methyl/N-ethyl adjacent to an activating group) is 1. The molecule has 1 atom stereocenters. The van der Waals surface area contributed by atoms with Gasteiger partial charge >= 0.3 is 13.8 Å². The van der Waals surface area contributed by atoms with Crippen LogP contribution in [0.25, 0.3) is 4.85 Å². The number of nitrogens with zero attached hydrogens (tertiary/aromatic N) is 2. The maximum Gasteiger partial charge on any atom is 0.475 e. The molecule has 0 aromatic heterocycles. The van der Waals surface area contributed by atoms with Crippen LogP contribution in [-0.2, 0) is 27.7 Å². The molecular weight excluding hydrogens is 325 g/mol. The lowest BCUT2D eigenvalue weighted by molar-refractivity contribution is -0.870. The van der Waals surface area contributed by atoms with E-state index in [9.17, 15) is 9.36 Å². The molecule has 0 bridgehead atoms. The predicted octanol–water partition coefficient (Wildman–Crippen LogP) is 1.89. The minimum absolute atomic E-state index is 0.0523. The van der Waals surface area contributed by atoms with E-state index in [1.54, 1.807) is 0 Å². The first-order valence-electron chi connectivity index (χ1n) is 7.09. The Balaban J connectivity index is 4.37. The van der Waals surface area contributed by atoms with Gasteiger partial charge in [-0.25, -0.2) is 15.9 Å². The zero-order valence-corrected chi connectivity index (χ0v) is 15.1. The van der Waals surface area contributed by atoms with Gasteiger partial charge in [0, 0.05) is 5.57 Å². The lowest BCUT2D eigenvalue weighted by Crippen LogP contribution is -2.37. The van der Waals surface area contributed by atoms with Crippen LogP contribution >= 0.6 is 7.82 Å². The highest BCUT2D eigenvalue weighted by Gasteiger charge is 2.28. The van der Waals surface area contributed by atoms with Crippen molar-refractivity contribution in [2.45, 2.75) is 6.92 Å². The largest absolute Gasteiger partial charge is 0.475 e. The van der Waals surface area contributed by atoms with E-state index >= 15 is 0 Å². The summed E-state index contributed by atoms with van der Waals surface area (Å²) >= 11 is 0. The Labute approximate surface area is 138 Å². The SMILES string of the molecule is [C-]#[N+]CCOP(=O)(OCCOC(=O)C(=C)C)OCC[N+](C)([13CH3])[13CH3]. The van der Waals surface area contributed by atoms with E-state index in [0.29, 0.717) is 11.0 Å². The molecule has 1 unspecified atom stereocenters. The Bertz CT molecular complexity index is 481. The molecule has 132 valence electrons. The highest BCUT2D eigenvalue weighted by molar-refractivity contribution is 7.48. The number of carbonyl (C=O) groups is 1. The van der Waals surface area contributed by atoms with Crippen molar-refractivity contribution in [2.24, 2.45) is 0 Å².